The topological polar surface area (TPSA) is 68.7 Å². The molecule has 6 heteroatoms. The van der Waals surface area contributed by atoms with E-state index in [-0.39, 0.29) is 5.69 Å². The minimum atomic E-state index is -1.07. The zero-order valence-electron chi connectivity index (χ0n) is 21.4. The van der Waals surface area contributed by atoms with Gasteiger partial charge in [0.25, 0.3) is 0 Å². The van der Waals surface area contributed by atoms with Crippen molar-refractivity contribution in [1.82, 2.24) is 4.98 Å². The second-order valence-corrected chi connectivity index (χ2v) is 10.2. The number of rotatable bonds is 13. The van der Waals surface area contributed by atoms with Crippen LogP contribution in [0.1, 0.15) is 71.9 Å². The van der Waals surface area contributed by atoms with E-state index in [1.54, 1.807) is 23.5 Å². The van der Waals surface area contributed by atoms with Crippen LogP contribution in [-0.4, -0.2) is 16.1 Å². The molecule has 4 rings (SSSR count). The molecule has 2 heterocycles. The van der Waals surface area contributed by atoms with Crippen LogP contribution in [0.2, 0.25) is 0 Å². The third-order valence-electron chi connectivity index (χ3n) is 6.24. The van der Waals surface area contributed by atoms with Gasteiger partial charge in [-0.05, 0) is 65.8 Å². The first-order valence-electron chi connectivity index (χ1n) is 12.8. The first kappa shape index (κ1) is 26.4. The van der Waals surface area contributed by atoms with Crippen LogP contribution in [0.25, 0.3) is 10.4 Å². The van der Waals surface area contributed by atoms with Crippen LogP contribution >= 0.6 is 11.3 Å². The molecule has 0 saturated heterocycles. The largest absolute Gasteiger partial charge is 0.489 e. The van der Waals surface area contributed by atoms with Crippen LogP contribution in [0, 0.1) is 0 Å². The van der Waals surface area contributed by atoms with E-state index in [0.717, 1.165) is 26.6 Å². The summed E-state index contributed by atoms with van der Waals surface area (Å²) in [5, 5.41) is 9.07. The van der Waals surface area contributed by atoms with Gasteiger partial charge in [-0.3, -0.25) is 0 Å². The van der Waals surface area contributed by atoms with Crippen LogP contribution in [0.5, 0.6) is 11.6 Å². The molecule has 0 saturated carbocycles. The highest BCUT2D eigenvalue weighted by atomic mass is 32.1. The third kappa shape index (κ3) is 7.43. The number of hydrogen-bond donors (Lipinski definition) is 1. The summed E-state index contributed by atoms with van der Waals surface area (Å²) in [6.07, 6.45) is 4.88. The SMILES string of the molecule is CCCC(CCC)c1ccc(OCc2ccc(-c3ccc(COc4cccc(C(=O)O)n4)s3)cc2)cc1. The van der Waals surface area contributed by atoms with Crippen LogP contribution in [-0.2, 0) is 13.2 Å². The Morgan fingerprint density at radius 1 is 0.865 bits per heavy atom. The second kappa shape index (κ2) is 13.1. The van der Waals surface area contributed by atoms with E-state index >= 15 is 0 Å². The molecule has 37 heavy (non-hydrogen) atoms. The summed E-state index contributed by atoms with van der Waals surface area (Å²) in [5.41, 5.74) is 3.63. The molecule has 0 unspecified atom stereocenters. The summed E-state index contributed by atoms with van der Waals surface area (Å²) in [6.45, 7) is 5.36. The van der Waals surface area contributed by atoms with E-state index in [0.29, 0.717) is 25.0 Å². The lowest BCUT2D eigenvalue weighted by Crippen LogP contribution is -2.02. The summed E-state index contributed by atoms with van der Waals surface area (Å²) in [6, 6.07) is 25.8. The van der Waals surface area contributed by atoms with E-state index in [4.69, 9.17) is 14.6 Å². The number of hydrogen-bond acceptors (Lipinski definition) is 5. The highest BCUT2D eigenvalue weighted by Gasteiger charge is 2.10. The van der Waals surface area contributed by atoms with Gasteiger partial charge in [0, 0.05) is 15.8 Å². The molecule has 0 radical (unpaired) electrons. The fraction of sp³-hybridized carbons (Fsp3) is 0.290. The molecular formula is C31H33NO4S. The number of aromatic carboxylic acids is 1. The van der Waals surface area contributed by atoms with Crippen molar-refractivity contribution in [1.29, 1.82) is 0 Å². The van der Waals surface area contributed by atoms with E-state index in [2.05, 4.69) is 73.4 Å². The van der Waals surface area contributed by atoms with Gasteiger partial charge in [-0.1, -0.05) is 69.2 Å². The van der Waals surface area contributed by atoms with Crippen molar-refractivity contribution in [2.45, 2.75) is 58.7 Å². The zero-order chi connectivity index (χ0) is 26.0. The van der Waals surface area contributed by atoms with Crippen molar-refractivity contribution in [3.05, 3.63) is 101 Å². The number of thiophene rings is 1. The average Bonchev–Trinajstić information content (AvgIpc) is 3.40. The zero-order valence-corrected chi connectivity index (χ0v) is 22.2. The summed E-state index contributed by atoms with van der Waals surface area (Å²) in [7, 11) is 0. The Kier molecular flexibility index (Phi) is 9.33. The van der Waals surface area contributed by atoms with Crippen molar-refractivity contribution >= 4 is 17.3 Å². The monoisotopic (exact) mass is 515 g/mol. The lowest BCUT2D eigenvalue weighted by atomic mass is 9.90. The molecule has 0 aliphatic heterocycles. The lowest BCUT2D eigenvalue weighted by molar-refractivity contribution is 0.0689. The number of pyridine rings is 1. The first-order chi connectivity index (χ1) is 18.1. The number of benzene rings is 2. The summed E-state index contributed by atoms with van der Waals surface area (Å²) in [5.74, 6) is 0.765. The van der Waals surface area contributed by atoms with Gasteiger partial charge in [0.15, 0.2) is 5.69 Å². The molecule has 0 spiro atoms. The Morgan fingerprint density at radius 2 is 1.59 bits per heavy atom. The molecule has 5 nitrogen and oxygen atoms in total. The molecule has 4 aromatic rings. The van der Waals surface area contributed by atoms with E-state index in [1.807, 2.05) is 6.07 Å². The molecule has 2 aromatic heterocycles. The van der Waals surface area contributed by atoms with Gasteiger partial charge in [-0.2, -0.15) is 0 Å². The van der Waals surface area contributed by atoms with Gasteiger partial charge in [-0.15, -0.1) is 11.3 Å². The maximum absolute atomic E-state index is 11.1. The fourth-order valence-electron chi connectivity index (χ4n) is 4.31. The van der Waals surface area contributed by atoms with Crippen LogP contribution in [0.15, 0.2) is 78.9 Å². The maximum Gasteiger partial charge on any atom is 0.354 e. The molecule has 192 valence electrons. The molecule has 2 aromatic carbocycles. The number of nitrogens with zero attached hydrogens (tertiary/aromatic N) is 1. The summed E-state index contributed by atoms with van der Waals surface area (Å²) >= 11 is 1.64. The molecule has 0 aliphatic carbocycles. The van der Waals surface area contributed by atoms with Crippen LogP contribution < -0.4 is 9.47 Å². The van der Waals surface area contributed by atoms with Crippen molar-refractivity contribution in [3.8, 4) is 22.1 Å². The third-order valence-corrected chi connectivity index (χ3v) is 7.34. The molecule has 1 N–H and O–H groups in total. The van der Waals surface area contributed by atoms with Gasteiger partial charge in [0.2, 0.25) is 5.88 Å². The Labute approximate surface area is 222 Å². The molecule has 0 bridgehead atoms. The van der Waals surface area contributed by atoms with Crippen LogP contribution in [0.3, 0.4) is 0 Å². The number of aromatic nitrogens is 1. The Bertz CT molecular complexity index is 1280. The maximum atomic E-state index is 11.1. The predicted octanol–water partition coefficient (Wildman–Crippen LogP) is 8.35. The summed E-state index contributed by atoms with van der Waals surface area (Å²) in [4.78, 5) is 17.3. The van der Waals surface area contributed by atoms with Gasteiger partial charge in [-0.25, -0.2) is 9.78 Å². The number of carboxylic acids is 1. The molecule has 0 aliphatic rings. The smallest absolute Gasteiger partial charge is 0.354 e. The first-order valence-corrected chi connectivity index (χ1v) is 13.6. The molecule has 0 amide bonds. The Hall–Kier alpha value is -3.64. The van der Waals surface area contributed by atoms with Crippen molar-refractivity contribution in [2.24, 2.45) is 0 Å². The summed E-state index contributed by atoms with van der Waals surface area (Å²) < 4.78 is 11.7. The Morgan fingerprint density at radius 3 is 2.27 bits per heavy atom. The van der Waals surface area contributed by atoms with E-state index in [9.17, 15) is 4.79 Å². The quantitative estimate of drug-likeness (QED) is 0.194. The van der Waals surface area contributed by atoms with Gasteiger partial charge in [0.05, 0.1) is 0 Å². The lowest BCUT2D eigenvalue weighted by Gasteiger charge is -2.16. The highest BCUT2D eigenvalue weighted by molar-refractivity contribution is 7.15. The van der Waals surface area contributed by atoms with Gasteiger partial charge < -0.3 is 14.6 Å². The standard InChI is InChI=1S/C31H33NO4S/c1-3-6-23(7-4-2)24-14-16-26(17-15-24)35-20-22-10-12-25(13-11-22)29-19-18-27(37-29)21-36-30-9-5-8-28(32-30)31(33)34/h5,8-19,23H,3-4,6-7,20-21H2,1-2H3,(H,33,34). The molecule has 0 fully saturated rings. The molecule has 0 atom stereocenters. The average molecular weight is 516 g/mol. The minimum absolute atomic E-state index is 0.0296. The number of ether oxygens (including phenoxy) is 2. The Balaban J connectivity index is 1.30. The highest BCUT2D eigenvalue weighted by Crippen LogP contribution is 2.30. The van der Waals surface area contributed by atoms with E-state index < -0.39 is 5.97 Å². The number of carbonyl (C=O) groups is 1. The predicted molar refractivity (Wildman–Crippen MR) is 149 cm³/mol. The normalized spacial score (nSPS) is 11.0. The van der Waals surface area contributed by atoms with Gasteiger partial charge in [0.1, 0.15) is 19.0 Å². The van der Waals surface area contributed by atoms with Crippen molar-refractivity contribution in [3.63, 3.8) is 0 Å². The van der Waals surface area contributed by atoms with E-state index in [1.165, 1.54) is 37.3 Å². The minimum Gasteiger partial charge on any atom is -0.489 e. The van der Waals surface area contributed by atoms with Crippen LogP contribution in [0.4, 0.5) is 0 Å². The fourth-order valence-corrected chi connectivity index (χ4v) is 5.24. The number of carboxylic acid groups (broad SMARTS) is 1. The van der Waals surface area contributed by atoms with Crippen molar-refractivity contribution < 1.29 is 19.4 Å². The second-order valence-electron chi connectivity index (χ2n) is 9.05. The van der Waals surface area contributed by atoms with Gasteiger partial charge >= 0.3 is 5.97 Å². The molecular weight excluding hydrogens is 482 g/mol. The van der Waals surface area contributed by atoms with Crippen molar-refractivity contribution in [2.75, 3.05) is 0 Å².